The number of hydrogen-bond acceptors (Lipinski definition) is 5. The lowest BCUT2D eigenvalue weighted by molar-refractivity contribution is 0.0746. The number of nitrogens with zero attached hydrogens (tertiary/aromatic N) is 4. The van der Waals surface area contributed by atoms with Crippen LogP contribution in [0.5, 0.6) is 0 Å². The number of piperazine rings is 1. The third kappa shape index (κ3) is 4.21. The van der Waals surface area contributed by atoms with Crippen LogP contribution in [0.1, 0.15) is 37.0 Å². The van der Waals surface area contributed by atoms with E-state index in [0.717, 1.165) is 12.8 Å². The highest BCUT2D eigenvalue weighted by atomic mass is 32.2. The average molecular weight is 459 g/mol. The topological polar surface area (TPSA) is 73.3 Å². The highest BCUT2D eigenvalue weighted by Gasteiger charge is 2.31. The molecule has 0 aliphatic carbocycles. The second kappa shape index (κ2) is 8.90. The first-order chi connectivity index (χ1) is 15.3. The van der Waals surface area contributed by atoms with E-state index in [-0.39, 0.29) is 16.6 Å². The summed E-state index contributed by atoms with van der Waals surface area (Å²) in [4.78, 5) is 18.7. The molecular formula is C23H27FN4O3S. The molecule has 170 valence electrons. The molecule has 0 saturated carbocycles. The van der Waals surface area contributed by atoms with Crippen molar-refractivity contribution in [3.63, 3.8) is 0 Å². The predicted octanol–water partition coefficient (Wildman–Crippen LogP) is 3.52. The fourth-order valence-electron chi connectivity index (χ4n) is 4.16. The smallest absolute Gasteiger partial charge is 0.286 e. The molecule has 2 aromatic rings. The summed E-state index contributed by atoms with van der Waals surface area (Å²) in [5.74, 6) is -0.0764. The fourth-order valence-corrected chi connectivity index (χ4v) is 5.43. The highest BCUT2D eigenvalue weighted by molar-refractivity contribution is 7.90. The number of amides is 1. The van der Waals surface area contributed by atoms with Gasteiger partial charge in [-0.25, -0.2) is 4.39 Å². The number of benzene rings is 2. The van der Waals surface area contributed by atoms with Gasteiger partial charge >= 0.3 is 0 Å². The minimum atomic E-state index is -3.86. The van der Waals surface area contributed by atoms with Gasteiger partial charge in [-0.3, -0.25) is 4.79 Å². The number of hydrogen-bond donors (Lipinski definition) is 0. The van der Waals surface area contributed by atoms with Crippen molar-refractivity contribution in [2.24, 2.45) is 4.40 Å². The number of rotatable bonds is 5. The van der Waals surface area contributed by atoms with E-state index in [1.54, 1.807) is 42.2 Å². The van der Waals surface area contributed by atoms with Gasteiger partial charge in [-0.15, -0.1) is 4.40 Å². The molecule has 0 N–H and O–H groups in total. The molecule has 2 aromatic carbocycles. The van der Waals surface area contributed by atoms with Crippen LogP contribution in [0.2, 0.25) is 0 Å². The molecule has 9 heteroatoms. The van der Waals surface area contributed by atoms with Crippen molar-refractivity contribution in [1.29, 1.82) is 0 Å². The van der Waals surface area contributed by atoms with Crippen molar-refractivity contribution in [3.05, 3.63) is 53.8 Å². The number of para-hydroxylation sites is 1. The van der Waals surface area contributed by atoms with E-state index < -0.39 is 10.0 Å². The van der Waals surface area contributed by atoms with E-state index in [0.29, 0.717) is 55.5 Å². The first-order valence-electron chi connectivity index (χ1n) is 10.8. The van der Waals surface area contributed by atoms with Crippen molar-refractivity contribution in [2.45, 2.75) is 31.6 Å². The molecule has 1 amide bonds. The van der Waals surface area contributed by atoms with E-state index in [1.165, 1.54) is 12.1 Å². The van der Waals surface area contributed by atoms with Gasteiger partial charge in [-0.1, -0.05) is 25.5 Å². The minimum absolute atomic E-state index is 0.0649. The second-order valence-corrected chi connectivity index (χ2v) is 9.60. The lowest BCUT2D eigenvalue weighted by Gasteiger charge is -2.36. The number of sulfonamides is 1. The number of amidine groups is 1. The second-order valence-electron chi connectivity index (χ2n) is 8.03. The van der Waals surface area contributed by atoms with E-state index in [4.69, 9.17) is 0 Å². The summed E-state index contributed by atoms with van der Waals surface area (Å²) in [6, 6.07) is 11.4. The molecule has 32 heavy (non-hydrogen) atoms. The highest BCUT2D eigenvalue weighted by Crippen LogP contribution is 2.33. The number of carbonyl (C=O) groups is 1. The third-order valence-corrected chi connectivity index (χ3v) is 7.30. The molecule has 0 spiro atoms. The predicted molar refractivity (Wildman–Crippen MR) is 124 cm³/mol. The number of fused-ring (bicyclic) bond motifs is 1. The van der Waals surface area contributed by atoms with Gasteiger partial charge in [0.25, 0.3) is 15.9 Å². The Morgan fingerprint density at radius 1 is 1.06 bits per heavy atom. The average Bonchev–Trinajstić information content (AvgIpc) is 2.78. The fraction of sp³-hybridized carbons (Fsp3) is 0.391. The largest absolute Gasteiger partial charge is 0.366 e. The molecule has 0 unspecified atom stereocenters. The molecule has 2 aliphatic heterocycles. The monoisotopic (exact) mass is 458 g/mol. The Hall–Kier alpha value is -2.94. The number of carbonyl (C=O) groups excluding carboxylic acids is 1. The lowest BCUT2D eigenvalue weighted by Crippen LogP contribution is -2.49. The van der Waals surface area contributed by atoms with Crippen molar-refractivity contribution in [3.8, 4) is 0 Å². The van der Waals surface area contributed by atoms with E-state index in [1.807, 2.05) is 9.80 Å². The van der Waals surface area contributed by atoms with E-state index in [2.05, 4.69) is 11.3 Å². The number of anilines is 2. The van der Waals surface area contributed by atoms with Crippen LogP contribution in [0.3, 0.4) is 0 Å². The summed E-state index contributed by atoms with van der Waals surface area (Å²) in [6.45, 7) is 6.29. The SMILES string of the molecule is CCCCN1C(C)=NS(=O)(=O)c2cc(C(=O)N3CCN(c4ccccc4F)CC3)ccc21. The van der Waals surface area contributed by atoms with Crippen LogP contribution < -0.4 is 9.80 Å². The zero-order valence-corrected chi connectivity index (χ0v) is 19.1. The Morgan fingerprint density at radius 3 is 2.47 bits per heavy atom. The standard InChI is InChI=1S/C23H27FN4O3S/c1-3-4-11-28-17(2)25-32(30,31)22-16-18(9-10-21(22)28)23(29)27-14-12-26(13-15-27)20-8-6-5-7-19(20)24/h5-10,16H,3-4,11-15H2,1-2H3. The van der Waals surface area contributed by atoms with Gasteiger partial charge in [0, 0.05) is 38.3 Å². The van der Waals surface area contributed by atoms with Crippen LogP contribution in [0.25, 0.3) is 0 Å². The van der Waals surface area contributed by atoms with Crippen molar-refractivity contribution >= 4 is 33.1 Å². The molecular weight excluding hydrogens is 431 g/mol. The lowest BCUT2D eigenvalue weighted by atomic mass is 10.1. The summed E-state index contributed by atoms with van der Waals surface area (Å²) in [6.07, 6.45) is 1.88. The number of unbranched alkanes of at least 4 members (excludes halogenated alkanes) is 1. The summed E-state index contributed by atoms with van der Waals surface area (Å²) in [5.41, 5.74) is 1.41. The van der Waals surface area contributed by atoms with Crippen molar-refractivity contribution in [2.75, 3.05) is 42.5 Å². The maximum absolute atomic E-state index is 14.1. The zero-order chi connectivity index (χ0) is 22.9. The molecule has 1 fully saturated rings. The van der Waals surface area contributed by atoms with Crippen LogP contribution in [-0.4, -0.2) is 57.8 Å². The van der Waals surface area contributed by atoms with Crippen LogP contribution in [-0.2, 0) is 10.0 Å². The van der Waals surface area contributed by atoms with Gasteiger partial charge in [0.15, 0.2) is 0 Å². The van der Waals surface area contributed by atoms with Gasteiger partial charge in [0.05, 0.1) is 11.4 Å². The van der Waals surface area contributed by atoms with Gasteiger partial charge in [-0.2, -0.15) is 8.42 Å². The van der Waals surface area contributed by atoms with Gasteiger partial charge in [0.1, 0.15) is 16.5 Å². The minimum Gasteiger partial charge on any atom is -0.366 e. The summed E-state index contributed by atoms with van der Waals surface area (Å²) in [5, 5.41) is 0. The Bertz CT molecular complexity index is 1160. The first kappa shape index (κ1) is 22.3. The molecule has 0 aromatic heterocycles. The van der Waals surface area contributed by atoms with Crippen LogP contribution >= 0.6 is 0 Å². The van der Waals surface area contributed by atoms with Crippen molar-refractivity contribution < 1.29 is 17.6 Å². The third-order valence-electron chi connectivity index (χ3n) is 5.91. The normalized spacial score (nSPS) is 17.7. The quantitative estimate of drug-likeness (QED) is 0.686. The zero-order valence-electron chi connectivity index (χ0n) is 18.3. The summed E-state index contributed by atoms with van der Waals surface area (Å²) in [7, 11) is -3.86. The Morgan fingerprint density at radius 2 is 1.78 bits per heavy atom. The molecule has 1 saturated heterocycles. The first-order valence-corrected chi connectivity index (χ1v) is 12.3. The molecule has 0 bridgehead atoms. The van der Waals surface area contributed by atoms with Crippen molar-refractivity contribution in [1.82, 2.24) is 4.90 Å². The van der Waals surface area contributed by atoms with Crippen LogP contribution in [0, 0.1) is 5.82 Å². The summed E-state index contributed by atoms with van der Waals surface area (Å²) < 4.78 is 43.4. The molecule has 7 nitrogen and oxygen atoms in total. The molecule has 2 heterocycles. The van der Waals surface area contributed by atoms with E-state index in [9.17, 15) is 17.6 Å². The maximum Gasteiger partial charge on any atom is 0.286 e. The van der Waals surface area contributed by atoms with E-state index >= 15 is 0 Å². The van der Waals surface area contributed by atoms with Crippen LogP contribution in [0.15, 0.2) is 51.8 Å². The molecule has 0 atom stereocenters. The molecule has 4 rings (SSSR count). The van der Waals surface area contributed by atoms with Gasteiger partial charge < -0.3 is 14.7 Å². The number of halogens is 1. The van der Waals surface area contributed by atoms with Crippen LogP contribution in [0.4, 0.5) is 15.8 Å². The Labute approximate surface area is 188 Å². The molecule has 0 radical (unpaired) electrons. The summed E-state index contributed by atoms with van der Waals surface area (Å²) >= 11 is 0. The molecule has 2 aliphatic rings. The Kier molecular flexibility index (Phi) is 6.19. The van der Waals surface area contributed by atoms with Gasteiger partial charge in [0.2, 0.25) is 0 Å². The maximum atomic E-state index is 14.1. The Balaban J connectivity index is 1.53. The van der Waals surface area contributed by atoms with Gasteiger partial charge in [-0.05, 0) is 43.7 Å².